The molecular formula is C14H13N3O5P2S. The second-order valence-electron chi connectivity index (χ2n) is 4.78. The van der Waals surface area contributed by atoms with E-state index >= 15 is 0 Å². The van der Waals surface area contributed by atoms with E-state index in [2.05, 4.69) is 12.8 Å². The molecule has 0 amide bonds. The summed E-state index contributed by atoms with van der Waals surface area (Å²) in [6, 6.07) is 8.64. The van der Waals surface area contributed by atoms with Crippen LogP contribution in [0, 0.1) is 0 Å². The van der Waals surface area contributed by atoms with Gasteiger partial charge in [0.25, 0.3) is 0 Å². The van der Waals surface area contributed by atoms with Crippen molar-refractivity contribution in [1.29, 1.82) is 0 Å². The summed E-state index contributed by atoms with van der Waals surface area (Å²) in [6.45, 7) is 0. The fraction of sp³-hybridized carbons (Fsp3) is 0. The van der Waals surface area contributed by atoms with Crippen LogP contribution in [0.4, 0.5) is 0 Å². The average Bonchev–Trinajstić information content (AvgIpc) is 2.96. The third-order valence-electron chi connectivity index (χ3n) is 3.03. The fourth-order valence-electron chi connectivity index (χ4n) is 2.01. The van der Waals surface area contributed by atoms with Gasteiger partial charge in [0.15, 0.2) is 9.92 Å². The zero-order chi connectivity index (χ0) is 17.2. The highest BCUT2D eigenvalue weighted by Gasteiger charge is 2.42. The van der Waals surface area contributed by atoms with Crippen molar-refractivity contribution in [1.82, 2.24) is 0 Å². The number of hydrogen-bond donors (Lipinski definition) is 0. The van der Waals surface area contributed by atoms with Gasteiger partial charge in [-0.25, -0.2) is 4.21 Å². The number of rotatable bonds is 1. The van der Waals surface area contributed by atoms with E-state index in [0.717, 1.165) is 0 Å². The minimum Gasteiger partial charge on any atom is -0.421 e. The molecule has 3 heterocycles. The van der Waals surface area contributed by atoms with Gasteiger partial charge in [0, 0.05) is 0 Å². The van der Waals surface area contributed by atoms with Gasteiger partial charge in [0.1, 0.15) is 0 Å². The van der Waals surface area contributed by atoms with Gasteiger partial charge in [-0.2, -0.15) is 0 Å². The van der Waals surface area contributed by atoms with Crippen LogP contribution in [-0.2, 0) is 28.0 Å². The van der Waals surface area contributed by atoms with Gasteiger partial charge >= 0.3 is 15.3 Å². The van der Waals surface area contributed by atoms with Crippen LogP contribution in [0.25, 0.3) is 0 Å². The average molecular weight is 397 g/mol. The molecular weight excluding hydrogens is 384 g/mol. The van der Waals surface area contributed by atoms with Gasteiger partial charge in [-0.1, -0.05) is 31.0 Å². The maximum atomic E-state index is 13.6. The third-order valence-corrected chi connectivity index (χ3v) is 10.7. The Morgan fingerprint density at radius 3 is 1.84 bits per heavy atom. The standard InChI is InChI=1S/C14H13N3O5P2S/c18-25(14-8-2-1-3-9-14)16-23(19-10-4-5-11-20-23)15-24(17-25)21-12-6-7-13-22-24/h1-13H. The van der Waals surface area contributed by atoms with Crippen molar-refractivity contribution in [3.05, 3.63) is 79.7 Å². The molecule has 130 valence electrons. The molecule has 4 rings (SSSR count). The van der Waals surface area contributed by atoms with Crippen molar-refractivity contribution < 1.29 is 22.3 Å². The second-order valence-corrected chi connectivity index (χ2v) is 11.1. The molecule has 2 spiro atoms. The topological polar surface area (TPSA) is 91.1 Å². The Kier molecular flexibility index (Phi) is 4.07. The third kappa shape index (κ3) is 3.18. The van der Waals surface area contributed by atoms with E-state index in [1.807, 2.05) is 6.07 Å². The Bertz CT molecular complexity index is 968. The Morgan fingerprint density at radius 2 is 1.28 bits per heavy atom. The molecule has 1 atom stereocenters. The molecule has 3 aliphatic rings. The van der Waals surface area contributed by atoms with Crippen molar-refractivity contribution >= 4 is 25.2 Å². The molecule has 0 saturated heterocycles. The van der Waals surface area contributed by atoms with Crippen LogP contribution in [-0.4, -0.2) is 4.21 Å². The molecule has 0 saturated carbocycles. The Labute approximate surface area is 145 Å². The minimum absolute atomic E-state index is 0.400. The maximum absolute atomic E-state index is 13.6. The smallest absolute Gasteiger partial charge is 0.421 e. The summed E-state index contributed by atoms with van der Waals surface area (Å²) in [5, 5.41) is 0. The van der Waals surface area contributed by atoms with E-state index in [1.54, 1.807) is 48.6 Å². The van der Waals surface area contributed by atoms with E-state index in [-0.39, 0.29) is 0 Å². The van der Waals surface area contributed by atoms with Gasteiger partial charge in [-0.3, -0.25) is 0 Å². The molecule has 8 nitrogen and oxygen atoms in total. The normalized spacial score (nSPS) is 27.4. The zero-order valence-electron chi connectivity index (χ0n) is 12.7. The van der Waals surface area contributed by atoms with E-state index in [0.29, 0.717) is 4.90 Å². The highest BCUT2D eigenvalue weighted by molar-refractivity contribution is 7.99. The van der Waals surface area contributed by atoms with Gasteiger partial charge in [0.05, 0.1) is 29.9 Å². The van der Waals surface area contributed by atoms with Crippen molar-refractivity contribution in [3.8, 4) is 0 Å². The zero-order valence-corrected chi connectivity index (χ0v) is 15.3. The van der Waals surface area contributed by atoms with Crippen LogP contribution in [0.2, 0.25) is 0 Å². The quantitative estimate of drug-likeness (QED) is 0.585. The summed E-state index contributed by atoms with van der Waals surface area (Å²) >= 11 is 0. The Balaban J connectivity index is 2.01. The Morgan fingerprint density at radius 1 is 0.760 bits per heavy atom. The first-order valence-electron chi connectivity index (χ1n) is 7.12. The largest absolute Gasteiger partial charge is 0.463 e. The number of nitrogens with zero attached hydrogens (tertiary/aromatic N) is 3. The summed E-state index contributed by atoms with van der Waals surface area (Å²) in [5.74, 6) is 0. The summed E-state index contributed by atoms with van der Waals surface area (Å²) in [6.07, 6.45) is 12.0. The molecule has 1 aromatic carbocycles. The van der Waals surface area contributed by atoms with Crippen molar-refractivity contribution in [2.45, 2.75) is 4.90 Å². The molecule has 3 aliphatic heterocycles. The van der Waals surface area contributed by atoms with E-state index in [9.17, 15) is 4.21 Å². The molecule has 0 radical (unpaired) electrons. The van der Waals surface area contributed by atoms with Gasteiger partial charge < -0.3 is 18.1 Å². The van der Waals surface area contributed by atoms with Crippen LogP contribution in [0.3, 0.4) is 0 Å². The van der Waals surface area contributed by atoms with Crippen LogP contribution in [0.1, 0.15) is 0 Å². The molecule has 0 bridgehead atoms. The Hall–Kier alpha value is -2.21. The second kappa shape index (κ2) is 6.26. The highest BCUT2D eigenvalue weighted by Crippen LogP contribution is 2.72. The number of allylic oxidation sites excluding steroid dienone is 4. The number of hydrogen-bond acceptors (Lipinski definition) is 7. The molecule has 0 aromatic heterocycles. The predicted molar refractivity (Wildman–Crippen MR) is 94.9 cm³/mol. The number of benzene rings is 1. The minimum atomic E-state index is -3.33. The maximum Gasteiger partial charge on any atom is 0.463 e. The molecule has 25 heavy (non-hydrogen) atoms. The van der Waals surface area contributed by atoms with Crippen molar-refractivity contribution in [3.63, 3.8) is 0 Å². The van der Waals surface area contributed by atoms with E-state index in [1.165, 1.54) is 25.0 Å². The van der Waals surface area contributed by atoms with E-state index < -0.39 is 25.2 Å². The lowest BCUT2D eigenvalue weighted by molar-refractivity contribution is 0.385. The monoisotopic (exact) mass is 397 g/mol. The van der Waals surface area contributed by atoms with Crippen LogP contribution in [0.5, 0.6) is 0 Å². The van der Waals surface area contributed by atoms with Crippen LogP contribution < -0.4 is 0 Å². The molecule has 0 fully saturated rings. The summed E-state index contributed by atoms with van der Waals surface area (Å²) in [5.41, 5.74) is 0. The lowest BCUT2D eigenvalue weighted by Crippen LogP contribution is -2.03. The molecule has 0 N–H and O–H groups in total. The summed E-state index contributed by atoms with van der Waals surface area (Å²) in [4.78, 5) is 0.400. The lowest BCUT2D eigenvalue weighted by Gasteiger charge is -2.25. The fourth-order valence-corrected chi connectivity index (χ4v) is 10.2. The van der Waals surface area contributed by atoms with Crippen LogP contribution >= 0.6 is 15.3 Å². The first-order chi connectivity index (χ1) is 12.1. The lowest BCUT2D eigenvalue weighted by atomic mass is 10.4. The van der Waals surface area contributed by atoms with Gasteiger partial charge in [0.2, 0.25) is 0 Å². The SMILES string of the molecule is O=S1(c2ccccc2)=NP2(=NP3(=N1)OC=CC=CO3)OC=CC=CO2. The molecule has 11 heteroatoms. The first-order valence-corrected chi connectivity index (χ1v) is 11.7. The first kappa shape index (κ1) is 16.3. The highest BCUT2D eigenvalue weighted by atomic mass is 32.2. The molecule has 0 aliphatic carbocycles. The van der Waals surface area contributed by atoms with Crippen molar-refractivity contribution in [2.75, 3.05) is 0 Å². The molecule has 1 aromatic rings. The van der Waals surface area contributed by atoms with Crippen LogP contribution in [0.15, 0.2) is 97.4 Å². The molecule has 1 unspecified atom stereocenters. The summed E-state index contributed by atoms with van der Waals surface area (Å²) in [7, 11) is -9.96. The van der Waals surface area contributed by atoms with Crippen molar-refractivity contribution in [2.24, 2.45) is 12.8 Å². The van der Waals surface area contributed by atoms with Gasteiger partial charge in [-0.05, 0) is 36.4 Å². The van der Waals surface area contributed by atoms with Gasteiger partial charge in [-0.15, -0.1) is 0 Å². The predicted octanol–water partition coefficient (Wildman–Crippen LogP) is 5.48. The summed E-state index contributed by atoms with van der Waals surface area (Å²) < 4.78 is 49.1. The van der Waals surface area contributed by atoms with E-state index in [4.69, 9.17) is 18.1 Å².